The van der Waals surface area contributed by atoms with Crippen molar-refractivity contribution in [1.82, 2.24) is 0 Å². The van der Waals surface area contributed by atoms with Gasteiger partial charge in [-0.15, -0.1) is 0 Å². The van der Waals surface area contributed by atoms with Crippen molar-refractivity contribution in [2.24, 2.45) is 0 Å². The Morgan fingerprint density at radius 1 is 0.967 bits per heavy atom. The van der Waals surface area contributed by atoms with Crippen LogP contribution < -0.4 is 10.8 Å². The monoisotopic (exact) mass is 405 g/mol. The van der Waals surface area contributed by atoms with E-state index in [0.717, 1.165) is 21.8 Å². The third-order valence-corrected chi connectivity index (χ3v) is 6.05. The van der Waals surface area contributed by atoms with Crippen LogP contribution in [0.25, 0.3) is 10.8 Å². The maximum atomic E-state index is 14.1. The molecule has 6 heteroatoms. The first-order chi connectivity index (χ1) is 14.1. The molecule has 1 heterocycles. The predicted octanol–water partition coefficient (Wildman–Crippen LogP) is 4.84. The zero-order chi connectivity index (χ0) is 21.7. The summed E-state index contributed by atoms with van der Waals surface area (Å²) in [4.78, 5) is 12.8. The van der Waals surface area contributed by atoms with Crippen molar-refractivity contribution in [2.45, 2.75) is 45.8 Å². The highest BCUT2D eigenvalue weighted by Gasteiger charge is 2.51. The fourth-order valence-corrected chi connectivity index (χ4v) is 3.54. The summed E-state index contributed by atoms with van der Waals surface area (Å²) in [6.07, 6.45) is 0. The third kappa shape index (κ3) is 3.61. The van der Waals surface area contributed by atoms with Crippen LogP contribution in [0.2, 0.25) is 0 Å². The molecule has 0 aromatic heterocycles. The number of aryl methyl sites for hydroxylation is 1. The highest BCUT2D eigenvalue weighted by atomic mass is 19.1. The van der Waals surface area contributed by atoms with Gasteiger partial charge in [-0.25, -0.2) is 4.39 Å². The van der Waals surface area contributed by atoms with E-state index in [4.69, 9.17) is 9.31 Å². The van der Waals surface area contributed by atoms with E-state index in [2.05, 4.69) is 5.32 Å². The molecule has 3 aromatic carbocycles. The molecule has 0 radical (unpaired) electrons. The Balaban J connectivity index is 1.64. The van der Waals surface area contributed by atoms with Gasteiger partial charge in [-0.1, -0.05) is 36.4 Å². The van der Waals surface area contributed by atoms with E-state index >= 15 is 0 Å². The van der Waals surface area contributed by atoms with E-state index < -0.39 is 24.1 Å². The van der Waals surface area contributed by atoms with Gasteiger partial charge in [0, 0.05) is 5.56 Å². The normalized spacial score (nSPS) is 17.3. The average Bonchev–Trinajstić information content (AvgIpc) is 2.90. The van der Waals surface area contributed by atoms with Gasteiger partial charge in [0.25, 0.3) is 5.91 Å². The van der Waals surface area contributed by atoms with Crippen molar-refractivity contribution in [3.8, 4) is 0 Å². The number of amides is 1. The first kappa shape index (κ1) is 20.6. The van der Waals surface area contributed by atoms with E-state index in [1.165, 1.54) is 6.07 Å². The molecule has 30 heavy (non-hydrogen) atoms. The van der Waals surface area contributed by atoms with Gasteiger partial charge in [0.1, 0.15) is 5.82 Å². The van der Waals surface area contributed by atoms with Crippen molar-refractivity contribution in [3.05, 3.63) is 71.5 Å². The molecule has 0 saturated carbocycles. The molecular formula is C24H25BFNO3. The lowest BCUT2D eigenvalue weighted by Gasteiger charge is -2.32. The zero-order valence-corrected chi connectivity index (χ0v) is 17.9. The molecule has 0 aliphatic carbocycles. The van der Waals surface area contributed by atoms with Crippen LogP contribution in [0.15, 0.2) is 54.6 Å². The summed E-state index contributed by atoms with van der Waals surface area (Å²) in [6, 6.07) is 16.0. The fraction of sp³-hybridized carbons (Fsp3) is 0.292. The van der Waals surface area contributed by atoms with Crippen LogP contribution >= 0.6 is 0 Å². The quantitative estimate of drug-likeness (QED) is 0.635. The summed E-state index contributed by atoms with van der Waals surface area (Å²) >= 11 is 0. The van der Waals surface area contributed by atoms with Crippen LogP contribution in [0.5, 0.6) is 0 Å². The van der Waals surface area contributed by atoms with Crippen molar-refractivity contribution < 1.29 is 18.5 Å². The van der Waals surface area contributed by atoms with Gasteiger partial charge >= 0.3 is 7.12 Å². The minimum Gasteiger partial charge on any atom is -0.399 e. The van der Waals surface area contributed by atoms with Crippen LogP contribution in [0, 0.1) is 12.7 Å². The largest absolute Gasteiger partial charge is 0.494 e. The molecule has 0 spiro atoms. The Morgan fingerprint density at radius 3 is 2.33 bits per heavy atom. The van der Waals surface area contributed by atoms with E-state index in [-0.39, 0.29) is 11.6 Å². The summed E-state index contributed by atoms with van der Waals surface area (Å²) < 4.78 is 26.4. The van der Waals surface area contributed by atoms with Crippen LogP contribution in [0.3, 0.4) is 0 Å². The topological polar surface area (TPSA) is 47.6 Å². The number of hydrogen-bond donors (Lipinski definition) is 1. The Hall–Kier alpha value is -2.70. The van der Waals surface area contributed by atoms with Gasteiger partial charge < -0.3 is 14.6 Å². The Morgan fingerprint density at radius 2 is 1.67 bits per heavy atom. The number of benzene rings is 3. The second kappa shape index (κ2) is 7.22. The molecule has 1 aliphatic heterocycles. The van der Waals surface area contributed by atoms with E-state index in [1.54, 1.807) is 25.1 Å². The molecule has 4 rings (SSSR count). The van der Waals surface area contributed by atoms with E-state index in [9.17, 15) is 9.18 Å². The molecular weight excluding hydrogens is 380 g/mol. The van der Waals surface area contributed by atoms with Gasteiger partial charge in [-0.05, 0) is 74.6 Å². The van der Waals surface area contributed by atoms with Gasteiger partial charge in [-0.2, -0.15) is 0 Å². The number of nitrogens with one attached hydrogen (secondary N) is 1. The molecule has 3 aromatic rings. The van der Waals surface area contributed by atoms with Crippen molar-refractivity contribution >= 4 is 34.9 Å². The van der Waals surface area contributed by atoms with Gasteiger partial charge in [0.15, 0.2) is 0 Å². The second-order valence-corrected chi connectivity index (χ2v) is 8.81. The van der Waals surface area contributed by atoms with Crippen LogP contribution in [0.4, 0.5) is 10.1 Å². The Kier molecular flexibility index (Phi) is 4.95. The molecule has 0 bridgehead atoms. The average molecular weight is 405 g/mol. The SMILES string of the molecule is Cc1ccc(NC(=O)c2cccc3cc(B4OC(C)(C)C(C)(C)O4)ccc23)c(F)c1. The van der Waals surface area contributed by atoms with Gasteiger partial charge in [0.2, 0.25) is 0 Å². The second-order valence-electron chi connectivity index (χ2n) is 8.81. The standard InChI is InChI=1S/C24H25BFNO3/c1-15-9-12-21(20(26)13-15)27-22(28)19-8-6-7-16-14-17(10-11-18(16)19)25-29-23(2,3)24(4,5)30-25/h6-14H,1-5H3,(H,27,28). The smallest absolute Gasteiger partial charge is 0.399 e. The maximum absolute atomic E-state index is 14.1. The minimum absolute atomic E-state index is 0.163. The number of anilines is 1. The van der Waals surface area contributed by atoms with Gasteiger partial charge in [0.05, 0.1) is 16.9 Å². The fourth-order valence-electron chi connectivity index (χ4n) is 3.54. The van der Waals surface area contributed by atoms with E-state index in [1.807, 2.05) is 58.0 Å². The predicted molar refractivity (Wildman–Crippen MR) is 119 cm³/mol. The Bertz CT molecular complexity index is 1130. The van der Waals surface area contributed by atoms with Crippen LogP contribution in [0.1, 0.15) is 43.6 Å². The summed E-state index contributed by atoms with van der Waals surface area (Å²) in [5.41, 5.74) is 1.48. The van der Waals surface area contributed by atoms with Crippen LogP contribution in [-0.4, -0.2) is 24.2 Å². The highest BCUT2D eigenvalue weighted by Crippen LogP contribution is 2.36. The first-order valence-corrected chi connectivity index (χ1v) is 10.0. The number of fused-ring (bicyclic) bond motifs is 1. The number of halogens is 1. The minimum atomic E-state index is -0.474. The third-order valence-electron chi connectivity index (χ3n) is 6.05. The lowest BCUT2D eigenvalue weighted by molar-refractivity contribution is 0.00578. The van der Waals surface area contributed by atoms with E-state index in [0.29, 0.717) is 5.56 Å². The molecule has 1 saturated heterocycles. The number of rotatable bonds is 3. The molecule has 4 nitrogen and oxygen atoms in total. The lowest BCUT2D eigenvalue weighted by atomic mass is 9.78. The molecule has 1 fully saturated rings. The molecule has 154 valence electrons. The summed E-state index contributed by atoms with van der Waals surface area (Å²) in [7, 11) is -0.474. The maximum Gasteiger partial charge on any atom is 0.494 e. The summed E-state index contributed by atoms with van der Waals surface area (Å²) in [5.74, 6) is -0.807. The zero-order valence-electron chi connectivity index (χ0n) is 17.9. The number of carbonyl (C=O) groups excluding carboxylic acids is 1. The highest BCUT2D eigenvalue weighted by molar-refractivity contribution is 6.62. The van der Waals surface area contributed by atoms with Gasteiger partial charge in [-0.3, -0.25) is 4.79 Å². The number of hydrogen-bond acceptors (Lipinski definition) is 3. The van der Waals surface area contributed by atoms with Crippen LogP contribution in [-0.2, 0) is 9.31 Å². The van der Waals surface area contributed by atoms with Crippen molar-refractivity contribution in [2.75, 3.05) is 5.32 Å². The summed E-state index contributed by atoms with van der Waals surface area (Å²) in [5, 5.41) is 4.34. The van der Waals surface area contributed by atoms with Crippen molar-refractivity contribution in [1.29, 1.82) is 0 Å². The molecule has 1 N–H and O–H groups in total. The van der Waals surface area contributed by atoms with Crippen molar-refractivity contribution in [3.63, 3.8) is 0 Å². The Labute approximate surface area is 176 Å². The molecule has 0 unspecified atom stereocenters. The lowest BCUT2D eigenvalue weighted by Crippen LogP contribution is -2.41. The summed E-state index contributed by atoms with van der Waals surface area (Å²) in [6.45, 7) is 9.86. The molecule has 1 aliphatic rings. The molecule has 1 amide bonds. The number of carbonyl (C=O) groups is 1. The first-order valence-electron chi connectivity index (χ1n) is 10.0. The molecule has 0 atom stereocenters.